The van der Waals surface area contributed by atoms with Gasteiger partial charge in [-0.25, -0.2) is 4.98 Å². The summed E-state index contributed by atoms with van der Waals surface area (Å²) < 4.78 is 0. The van der Waals surface area contributed by atoms with Crippen molar-refractivity contribution >= 4 is 11.7 Å². The number of hydrogen-bond donors (Lipinski definition) is 2. The van der Waals surface area contributed by atoms with Gasteiger partial charge < -0.3 is 10.2 Å². The fourth-order valence-corrected chi connectivity index (χ4v) is 3.19. The zero-order chi connectivity index (χ0) is 17.1. The van der Waals surface area contributed by atoms with E-state index in [2.05, 4.69) is 26.6 Å². The molecule has 1 aliphatic rings. The molecular formula is C18H25N5O. The quantitative estimate of drug-likeness (QED) is 0.905. The predicted molar refractivity (Wildman–Crippen MR) is 94.2 cm³/mol. The molecule has 1 saturated heterocycles. The van der Waals surface area contributed by atoms with Crippen LogP contribution in [-0.2, 0) is 0 Å². The normalized spacial score (nSPS) is 18.0. The van der Waals surface area contributed by atoms with Crippen molar-refractivity contribution in [3.8, 4) is 0 Å². The number of pyridine rings is 1. The van der Waals surface area contributed by atoms with Gasteiger partial charge in [0.25, 0.3) is 5.91 Å². The number of nitrogens with one attached hydrogen (secondary N) is 2. The molecule has 6 heteroatoms. The Hall–Kier alpha value is -2.37. The van der Waals surface area contributed by atoms with Crippen molar-refractivity contribution in [3.63, 3.8) is 0 Å². The van der Waals surface area contributed by atoms with Crippen LogP contribution in [0.4, 0.5) is 5.82 Å². The molecule has 0 aliphatic carbocycles. The minimum absolute atomic E-state index is 0.0446. The van der Waals surface area contributed by atoms with E-state index in [1.807, 2.05) is 37.8 Å². The number of aromatic nitrogens is 3. The van der Waals surface area contributed by atoms with Gasteiger partial charge in [0.2, 0.25) is 0 Å². The molecule has 0 unspecified atom stereocenters. The van der Waals surface area contributed by atoms with Gasteiger partial charge in [-0.2, -0.15) is 5.10 Å². The van der Waals surface area contributed by atoms with Gasteiger partial charge in [0.1, 0.15) is 5.82 Å². The Morgan fingerprint density at radius 1 is 1.46 bits per heavy atom. The molecule has 0 spiro atoms. The average Bonchev–Trinajstić information content (AvgIpc) is 3.01. The van der Waals surface area contributed by atoms with E-state index in [1.54, 1.807) is 6.20 Å². The van der Waals surface area contributed by atoms with Crippen LogP contribution in [0.25, 0.3) is 0 Å². The van der Waals surface area contributed by atoms with Crippen molar-refractivity contribution in [3.05, 3.63) is 41.3 Å². The molecule has 2 aromatic heterocycles. The van der Waals surface area contributed by atoms with Gasteiger partial charge in [-0.05, 0) is 51.8 Å². The van der Waals surface area contributed by atoms with E-state index in [4.69, 9.17) is 0 Å². The number of aryl methyl sites for hydroxylation is 1. The van der Waals surface area contributed by atoms with E-state index in [-0.39, 0.29) is 11.9 Å². The lowest BCUT2D eigenvalue weighted by atomic mass is 9.94. The van der Waals surface area contributed by atoms with Gasteiger partial charge in [-0.3, -0.25) is 9.89 Å². The van der Waals surface area contributed by atoms with Crippen LogP contribution in [0, 0.1) is 6.92 Å². The highest BCUT2D eigenvalue weighted by molar-refractivity contribution is 5.98. The highest BCUT2D eigenvalue weighted by atomic mass is 16.2. The van der Waals surface area contributed by atoms with E-state index in [9.17, 15) is 4.79 Å². The maximum absolute atomic E-state index is 13.0. The highest BCUT2D eigenvalue weighted by Crippen LogP contribution is 2.27. The van der Waals surface area contributed by atoms with Crippen molar-refractivity contribution in [1.82, 2.24) is 20.1 Å². The molecule has 1 aliphatic heterocycles. The molecule has 1 fully saturated rings. The largest absolute Gasteiger partial charge is 0.367 e. The van der Waals surface area contributed by atoms with Crippen LogP contribution in [0.3, 0.4) is 0 Å². The van der Waals surface area contributed by atoms with Crippen molar-refractivity contribution in [2.75, 3.05) is 18.4 Å². The lowest BCUT2D eigenvalue weighted by molar-refractivity contribution is 0.0706. The average molecular weight is 327 g/mol. The summed E-state index contributed by atoms with van der Waals surface area (Å²) in [5.74, 6) is 1.00. The minimum atomic E-state index is 0.0446. The van der Waals surface area contributed by atoms with Gasteiger partial charge >= 0.3 is 0 Å². The molecule has 2 N–H and O–H groups in total. The predicted octanol–water partition coefficient (Wildman–Crippen LogP) is 2.95. The number of hydrogen-bond acceptors (Lipinski definition) is 4. The Morgan fingerprint density at radius 3 is 3.00 bits per heavy atom. The van der Waals surface area contributed by atoms with Crippen LogP contribution < -0.4 is 5.32 Å². The molecule has 24 heavy (non-hydrogen) atoms. The van der Waals surface area contributed by atoms with E-state index >= 15 is 0 Å². The molecule has 0 saturated carbocycles. The standard InChI is InChI=1S/C18H25N5O/c1-12(2)20-17-15(7-4-8-19-17)18(24)23-9-5-6-14(11-23)16-10-13(3)21-22-16/h4,7-8,10,12,14H,5-6,9,11H2,1-3H3,(H,19,20)(H,21,22)/t14-/m1/s1. The van der Waals surface area contributed by atoms with Crippen LogP contribution in [0.1, 0.15) is 54.4 Å². The molecule has 3 rings (SSSR count). The molecule has 6 nitrogen and oxygen atoms in total. The van der Waals surface area contributed by atoms with Gasteiger partial charge in [0.15, 0.2) is 0 Å². The number of rotatable bonds is 4. The van der Waals surface area contributed by atoms with Gasteiger partial charge in [-0.15, -0.1) is 0 Å². The Kier molecular flexibility index (Phi) is 4.83. The first kappa shape index (κ1) is 16.5. The second-order valence-electron chi connectivity index (χ2n) is 6.76. The number of H-pyrrole nitrogens is 1. The first-order chi connectivity index (χ1) is 11.5. The summed E-state index contributed by atoms with van der Waals surface area (Å²) in [4.78, 5) is 19.3. The summed E-state index contributed by atoms with van der Waals surface area (Å²) >= 11 is 0. The Labute approximate surface area is 142 Å². The Morgan fingerprint density at radius 2 is 2.29 bits per heavy atom. The first-order valence-electron chi connectivity index (χ1n) is 8.57. The van der Waals surface area contributed by atoms with E-state index in [1.165, 1.54) is 0 Å². The van der Waals surface area contributed by atoms with Crippen LogP contribution in [-0.4, -0.2) is 45.1 Å². The van der Waals surface area contributed by atoms with E-state index in [0.717, 1.165) is 30.8 Å². The lowest BCUT2D eigenvalue weighted by Gasteiger charge is -2.32. The topological polar surface area (TPSA) is 73.9 Å². The van der Waals surface area contributed by atoms with E-state index in [0.29, 0.717) is 23.8 Å². The Bertz CT molecular complexity index is 709. The second kappa shape index (κ2) is 7.03. The molecule has 0 radical (unpaired) electrons. The third-order valence-corrected chi connectivity index (χ3v) is 4.32. The number of amides is 1. The molecule has 3 heterocycles. The smallest absolute Gasteiger partial charge is 0.257 e. The third kappa shape index (κ3) is 3.58. The third-order valence-electron chi connectivity index (χ3n) is 4.32. The molecule has 0 aromatic carbocycles. The number of aromatic amines is 1. The fraction of sp³-hybridized carbons (Fsp3) is 0.500. The van der Waals surface area contributed by atoms with E-state index < -0.39 is 0 Å². The summed E-state index contributed by atoms with van der Waals surface area (Å²) in [5.41, 5.74) is 2.76. The lowest BCUT2D eigenvalue weighted by Crippen LogP contribution is -2.39. The van der Waals surface area contributed by atoms with Crippen LogP contribution in [0.5, 0.6) is 0 Å². The maximum Gasteiger partial charge on any atom is 0.257 e. The van der Waals surface area contributed by atoms with Gasteiger partial charge in [0.05, 0.1) is 11.3 Å². The number of likely N-dealkylation sites (tertiary alicyclic amines) is 1. The van der Waals surface area contributed by atoms with Crippen molar-refractivity contribution in [1.29, 1.82) is 0 Å². The highest BCUT2D eigenvalue weighted by Gasteiger charge is 2.28. The molecule has 2 aromatic rings. The first-order valence-corrected chi connectivity index (χ1v) is 8.57. The number of carbonyl (C=O) groups is 1. The van der Waals surface area contributed by atoms with Crippen molar-refractivity contribution in [2.45, 2.75) is 45.6 Å². The molecule has 0 bridgehead atoms. The number of anilines is 1. The maximum atomic E-state index is 13.0. The number of carbonyl (C=O) groups excluding carboxylic acids is 1. The second-order valence-corrected chi connectivity index (χ2v) is 6.76. The SMILES string of the molecule is Cc1cc([C@@H]2CCCN(C(=O)c3cccnc3NC(C)C)C2)n[nH]1. The van der Waals surface area contributed by atoms with Crippen molar-refractivity contribution < 1.29 is 4.79 Å². The van der Waals surface area contributed by atoms with Crippen LogP contribution in [0.15, 0.2) is 24.4 Å². The summed E-state index contributed by atoms with van der Waals surface area (Å²) in [6.07, 6.45) is 3.78. The molecule has 128 valence electrons. The molecular weight excluding hydrogens is 302 g/mol. The van der Waals surface area contributed by atoms with Gasteiger partial charge in [-0.1, -0.05) is 0 Å². The summed E-state index contributed by atoms with van der Waals surface area (Å²) in [6.45, 7) is 7.58. The fourth-order valence-electron chi connectivity index (χ4n) is 3.19. The zero-order valence-electron chi connectivity index (χ0n) is 14.5. The summed E-state index contributed by atoms with van der Waals surface area (Å²) in [7, 11) is 0. The van der Waals surface area contributed by atoms with Crippen molar-refractivity contribution in [2.24, 2.45) is 0 Å². The Balaban J connectivity index is 1.77. The van der Waals surface area contributed by atoms with Gasteiger partial charge in [0, 0.05) is 36.9 Å². The molecule has 1 amide bonds. The number of nitrogens with zero attached hydrogens (tertiary/aromatic N) is 3. The van der Waals surface area contributed by atoms with Crippen LogP contribution >= 0.6 is 0 Å². The number of piperidine rings is 1. The minimum Gasteiger partial charge on any atom is -0.367 e. The monoisotopic (exact) mass is 327 g/mol. The summed E-state index contributed by atoms with van der Waals surface area (Å²) in [6, 6.07) is 5.97. The zero-order valence-corrected chi connectivity index (χ0v) is 14.5. The van der Waals surface area contributed by atoms with Crippen LogP contribution in [0.2, 0.25) is 0 Å². The molecule has 1 atom stereocenters. The summed E-state index contributed by atoms with van der Waals surface area (Å²) in [5, 5.41) is 10.6.